The van der Waals surface area contributed by atoms with Crippen molar-refractivity contribution in [3.63, 3.8) is 0 Å². The van der Waals surface area contributed by atoms with E-state index < -0.39 is 0 Å². The number of piperidine rings is 1. The van der Waals surface area contributed by atoms with Gasteiger partial charge in [0, 0.05) is 20.1 Å². The van der Waals surface area contributed by atoms with E-state index in [1.54, 1.807) is 0 Å². The molecule has 114 valence electrons. The molecule has 0 bridgehead atoms. The quantitative estimate of drug-likeness (QED) is 0.862. The molecule has 2 heterocycles. The van der Waals surface area contributed by atoms with Crippen LogP contribution in [0.4, 0.5) is 0 Å². The van der Waals surface area contributed by atoms with E-state index in [-0.39, 0.29) is 0 Å². The van der Waals surface area contributed by atoms with Gasteiger partial charge < -0.3 is 5.32 Å². The lowest BCUT2D eigenvalue weighted by atomic mass is 9.99. The number of aromatic nitrogens is 2. The molecule has 1 atom stereocenters. The molecule has 1 aromatic rings. The molecule has 0 amide bonds. The van der Waals surface area contributed by atoms with Gasteiger partial charge in [-0.2, -0.15) is 5.10 Å². The minimum atomic E-state index is 0.793. The Hall–Kier alpha value is -0.390. The maximum atomic E-state index is 4.59. The van der Waals surface area contributed by atoms with Crippen LogP contribution < -0.4 is 5.32 Å². The number of halogens is 1. The second-order valence-corrected chi connectivity index (χ2v) is 6.52. The maximum Gasteiger partial charge on any atom is 0.0767 e. The summed E-state index contributed by atoms with van der Waals surface area (Å²) >= 11 is 3.72. The van der Waals surface area contributed by atoms with Crippen LogP contribution in [0, 0.1) is 5.92 Å². The van der Waals surface area contributed by atoms with Gasteiger partial charge in [-0.25, -0.2) is 0 Å². The van der Waals surface area contributed by atoms with Crippen LogP contribution >= 0.6 is 15.9 Å². The van der Waals surface area contributed by atoms with Gasteiger partial charge in [-0.05, 0) is 60.7 Å². The summed E-state index contributed by atoms with van der Waals surface area (Å²) in [6.07, 6.45) is 3.65. The van der Waals surface area contributed by atoms with Crippen LogP contribution in [0.5, 0.6) is 0 Å². The van der Waals surface area contributed by atoms with Crippen LogP contribution in [0.3, 0.4) is 0 Å². The third-order valence-electron chi connectivity index (χ3n) is 4.24. The summed E-state index contributed by atoms with van der Waals surface area (Å²) in [6, 6.07) is 0. The summed E-state index contributed by atoms with van der Waals surface area (Å²) in [5, 5.41) is 8.10. The van der Waals surface area contributed by atoms with Crippen molar-refractivity contribution in [1.29, 1.82) is 0 Å². The van der Waals surface area contributed by atoms with Crippen molar-refractivity contribution in [2.75, 3.05) is 26.2 Å². The predicted octanol–water partition coefficient (Wildman–Crippen LogP) is 2.57. The number of nitrogens with zero attached hydrogens (tertiary/aromatic N) is 3. The summed E-state index contributed by atoms with van der Waals surface area (Å²) in [5.74, 6) is 0.793. The van der Waals surface area contributed by atoms with Crippen molar-refractivity contribution in [1.82, 2.24) is 20.0 Å². The molecule has 1 aromatic heterocycles. The van der Waals surface area contributed by atoms with Crippen molar-refractivity contribution in [2.24, 2.45) is 13.0 Å². The highest BCUT2D eigenvalue weighted by molar-refractivity contribution is 9.10. The van der Waals surface area contributed by atoms with Crippen LogP contribution in [0.2, 0.25) is 0 Å². The van der Waals surface area contributed by atoms with Gasteiger partial charge in [0.2, 0.25) is 0 Å². The highest BCUT2D eigenvalue weighted by Crippen LogP contribution is 2.23. The summed E-state index contributed by atoms with van der Waals surface area (Å²) in [6.45, 7) is 10.0. The molecule has 0 aliphatic carbocycles. The van der Waals surface area contributed by atoms with E-state index in [0.29, 0.717) is 0 Å². The smallest absolute Gasteiger partial charge is 0.0767 e. The van der Waals surface area contributed by atoms with Gasteiger partial charge in [0.05, 0.1) is 15.9 Å². The molecule has 1 fully saturated rings. The highest BCUT2D eigenvalue weighted by Gasteiger charge is 2.19. The van der Waals surface area contributed by atoms with E-state index in [9.17, 15) is 0 Å². The van der Waals surface area contributed by atoms with Gasteiger partial charge in [0.1, 0.15) is 0 Å². The maximum absolute atomic E-state index is 4.59. The lowest BCUT2D eigenvalue weighted by Crippen LogP contribution is -2.38. The molecule has 5 heteroatoms. The van der Waals surface area contributed by atoms with E-state index in [1.807, 2.05) is 4.68 Å². The zero-order valence-corrected chi connectivity index (χ0v) is 14.5. The Labute approximate surface area is 131 Å². The third kappa shape index (κ3) is 3.83. The first-order valence-corrected chi connectivity index (χ1v) is 8.58. The molecule has 1 N–H and O–H groups in total. The molecule has 1 aliphatic rings. The fourth-order valence-electron chi connectivity index (χ4n) is 2.95. The molecule has 2 rings (SSSR count). The Morgan fingerprint density at radius 3 is 2.80 bits per heavy atom. The number of rotatable bonds is 6. The standard InChI is InChI=1S/C15H27BrN4/c1-4-13-15(16)14(19(3)18-13)11-20(5-2)10-12-7-6-8-17-9-12/h12,17H,4-11H2,1-3H3. The summed E-state index contributed by atoms with van der Waals surface area (Å²) < 4.78 is 3.23. The van der Waals surface area contributed by atoms with E-state index >= 15 is 0 Å². The van der Waals surface area contributed by atoms with Crippen molar-refractivity contribution in [3.8, 4) is 0 Å². The SMILES string of the molecule is CCc1nn(C)c(CN(CC)CC2CCCNC2)c1Br. The van der Waals surface area contributed by atoms with E-state index in [4.69, 9.17) is 0 Å². The fraction of sp³-hybridized carbons (Fsp3) is 0.800. The monoisotopic (exact) mass is 342 g/mol. The van der Waals surface area contributed by atoms with Crippen LogP contribution in [-0.4, -0.2) is 40.9 Å². The summed E-state index contributed by atoms with van der Waals surface area (Å²) in [7, 11) is 2.05. The largest absolute Gasteiger partial charge is 0.316 e. The molecular formula is C15H27BrN4. The minimum absolute atomic E-state index is 0.793. The van der Waals surface area contributed by atoms with Crippen molar-refractivity contribution < 1.29 is 0 Å². The molecule has 4 nitrogen and oxygen atoms in total. The zero-order chi connectivity index (χ0) is 14.5. The van der Waals surface area contributed by atoms with Gasteiger partial charge in [0.15, 0.2) is 0 Å². The van der Waals surface area contributed by atoms with Crippen LogP contribution in [0.1, 0.15) is 38.1 Å². The van der Waals surface area contributed by atoms with Gasteiger partial charge in [-0.3, -0.25) is 9.58 Å². The Bertz CT molecular complexity index is 424. The first kappa shape index (κ1) is 16.0. The molecule has 0 spiro atoms. The number of hydrogen-bond acceptors (Lipinski definition) is 3. The van der Waals surface area contributed by atoms with E-state index in [0.717, 1.165) is 31.1 Å². The molecule has 0 radical (unpaired) electrons. The molecule has 20 heavy (non-hydrogen) atoms. The second kappa shape index (κ2) is 7.57. The van der Waals surface area contributed by atoms with Gasteiger partial charge in [0.25, 0.3) is 0 Å². The Morgan fingerprint density at radius 2 is 2.25 bits per heavy atom. The van der Waals surface area contributed by atoms with Crippen molar-refractivity contribution in [2.45, 2.75) is 39.7 Å². The molecule has 1 saturated heterocycles. The van der Waals surface area contributed by atoms with Crippen LogP contribution in [0.25, 0.3) is 0 Å². The van der Waals surface area contributed by atoms with Gasteiger partial charge in [-0.15, -0.1) is 0 Å². The lowest BCUT2D eigenvalue weighted by Gasteiger charge is -2.29. The number of nitrogens with one attached hydrogen (secondary N) is 1. The molecule has 1 unspecified atom stereocenters. The molecular weight excluding hydrogens is 316 g/mol. The van der Waals surface area contributed by atoms with Crippen molar-refractivity contribution in [3.05, 3.63) is 15.9 Å². The van der Waals surface area contributed by atoms with Gasteiger partial charge >= 0.3 is 0 Å². The van der Waals surface area contributed by atoms with Crippen molar-refractivity contribution >= 4 is 15.9 Å². The average molecular weight is 343 g/mol. The van der Waals surface area contributed by atoms with Crippen LogP contribution in [0.15, 0.2) is 4.47 Å². The number of aryl methyl sites for hydroxylation is 2. The Morgan fingerprint density at radius 1 is 1.45 bits per heavy atom. The topological polar surface area (TPSA) is 33.1 Å². The third-order valence-corrected chi connectivity index (χ3v) is 5.15. The highest BCUT2D eigenvalue weighted by atomic mass is 79.9. The predicted molar refractivity (Wildman–Crippen MR) is 86.8 cm³/mol. The Balaban J connectivity index is 2.00. The van der Waals surface area contributed by atoms with Gasteiger partial charge in [-0.1, -0.05) is 13.8 Å². The Kier molecular flexibility index (Phi) is 6.05. The lowest BCUT2D eigenvalue weighted by molar-refractivity contribution is 0.205. The normalized spacial score (nSPS) is 19.8. The summed E-state index contributed by atoms with van der Waals surface area (Å²) in [5.41, 5.74) is 2.46. The zero-order valence-electron chi connectivity index (χ0n) is 13.0. The van der Waals surface area contributed by atoms with Crippen LogP contribution in [-0.2, 0) is 20.0 Å². The summed E-state index contributed by atoms with van der Waals surface area (Å²) in [4.78, 5) is 2.54. The van der Waals surface area contributed by atoms with E-state index in [1.165, 1.54) is 42.6 Å². The second-order valence-electron chi connectivity index (χ2n) is 5.72. The van der Waals surface area contributed by atoms with E-state index in [2.05, 4.69) is 52.1 Å². The first-order chi connectivity index (χ1) is 9.65. The molecule has 0 saturated carbocycles. The molecule has 1 aliphatic heterocycles. The fourth-order valence-corrected chi connectivity index (χ4v) is 3.70. The number of hydrogen-bond donors (Lipinski definition) is 1. The molecule has 0 aromatic carbocycles. The first-order valence-electron chi connectivity index (χ1n) is 7.79. The average Bonchev–Trinajstić information content (AvgIpc) is 2.74. The minimum Gasteiger partial charge on any atom is -0.316 e.